The molecule has 6 nitrogen and oxygen atoms in total. The summed E-state index contributed by atoms with van der Waals surface area (Å²) in [6, 6.07) is 5.24. The van der Waals surface area contributed by atoms with Crippen molar-refractivity contribution in [3.05, 3.63) is 28.2 Å². The lowest BCUT2D eigenvalue weighted by atomic mass is 10.2. The molecule has 0 saturated carbocycles. The first kappa shape index (κ1) is 17.9. The molecule has 23 heavy (non-hydrogen) atoms. The quantitative estimate of drug-likeness (QED) is 0.403. The van der Waals surface area contributed by atoms with E-state index in [1.807, 2.05) is 0 Å². The number of hydrogen-bond donors (Lipinski definition) is 0. The predicted molar refractivity (Wildman–Crippen MR) is 95.8 cm³/mol. The molecule has 0 radical (unpaired) electrons. The van der Waals surface area contributed by atoms with Gasteiger partial charge in [-0.05, 0) is 25.1 Å². The molecule has 0 aromatic heterocycles. The van der Waals surface area contributed by atoms with Gasteiger partial charge >= 0.3 is 5.97 Å². The number of thioether (sulfide) groups is 1. The van der Waals surface area contributed by atoms with Crippen molar-refractivity contribution in [2.45, 2.75) is 6.92 Å². The predicted octanol–water partition coefficient (Wildman–Crippen LogP) is 2.59. The van der Waals surface area contributed by atoms with Crippen LogP contribution >= 0.6 is 39.9 Å². The smallest absolute Gasteiger partial charge is 0.344 e. The van der Waals surface area contributed by atoms with Gasteiger partial charge in [-0.2, -0.15) is 10.1 Å². The molecule has 2 rings (SSSR count). The zero-order valence-electron chi connectivity index (χ0n) is 12.2. The van der Waals surface area contributed by atoms with Crippen molar-refractivity contribution in [3.63, 3.8) is 0 Å². The summed E-state index contributed by atoms with van der Waals surface area (Å²) < 4.78 is 11.5. The number of esters is 1. The van der Waals surface area contributed by atoms with E-state index in [-0.39, 0.29) is 12.5 Å². The average Bonchev–Trinajstić information content (AvgIpc) is 2.83. The van der Waals surface area contributed by atoms with Crippen LogP contribution in [0.25, 0.3) is 0 Å². The van der Waals surface area contributed by atoms with E-state index in [1.165, 1.54) is 23.0 Å². The van der Waals surface area contributed by atoms with Crippen molar-refractivity contribution in [1.82, 2.24) is 5.01 Å². The molecule has 0 N–H and O–H groups in total. The number of hydrogen-bond acceptors (Lipinski definition) is 7. The van der Waals surface area contributed by atoms with E-state index in [4.69, 9.17) is 21.7 Å². The van der Waals surface area contributed by atoms with Gasteiger partial charge in [0, 0.05) is 10.0 Å². The Labute approximate surface area is 151 Å². The molecule has 1 aromatic carbocycles. The van der Waals surface area contributed by atoms with Crippen molar-refractivity contribution >= 4 is 62.3 Å². The van der Waals surface area contributed by atoms with E-state index < -0.39 is 5.97 Å². The van der Waals surface area contributed by atoms with Crippen LogP contribution in [0.3, 0.4) is 0 Å². The summed E-state index contributed by atoms with van der Waals surface area (Å²) in [5.74, 6) is 0.127. The van der Waals surface area contributed by atoms with Gasteiger partial charge in [-0.15, -0.1) is 0 Å². The Morgan fingerprint density at radius 3 is 3.00 bits per heavy atom. The van der Waals surface area contributed by atoms with Crippen LogP contribution in [-0.4, -0.2) is 46.4 Å². The zero-order valence-corrected chi connectivity index (χ0v) is 15.4. The number of benzene rings is 1. The summed E-state index contributed by atoms with van der Waals surface area (Å²) >= 11 is 9.69. The lowest BCUT2D eigenvalue weighted by Gasteiger charge is -2.10. The maximum Gasteiger partial charge on any atom is 0.344 e. The third kappa shape index (κ3) is 5.02. The number of rotatable bonds is 6. The number of thiocarbonyl (C=S) groups is 1. The van der Waals surface area contributed by atoms with E-state index in [9.17, 15) is 9.59 Å². The third-order valence-electron chi connectivity index (χ3n) is 2.66. The molecule has 1 aliphatic rings. The lowest BCUT2D eigenvalue weighted by molar-refractivity contribution is -0.145. The second kappa shape index (κ2) is 8.42. The zero-order chi connectivity index (χ0) is 16.8. The summed E-state index contributed by atoms with van der Waals surface area (Å²) in [6.45, 7) is 1.82. The highest BCUT2D eigenvalue weighted by Gasteiger charge is 2.26. The van der Waals surface area contributed by atoms with Crippen LogP contribution in [0.5, 0.6) is 5.75 Å². The minimum Gasteiger partial charge on any atom is -0.481 e. The molecule has 1 heterocycles. The van der Waals surface area contributed by atoms with Crippen molar-refractivity contribution in [2.24, 2.45) is 5.10 Å². The van der Waals surface area contributed by atoms with Gasteiger partial charge in [0.15, 0.2) is 10.9 Å². The maximum atomic E-state index is 11.6. The maximum absolute atomic E-state index is 11.6. The van der Waals surface area contributed by atoms with Crippen LogP contribution in [0.4, 0.5) is 0 Å². The topological polar surface area (TPSA) is 68.2 Å². The third-order valence-corrected chi connectivity index (χ3v) is 4.49. The van der Waals surface area contributed by atoms with Crippen LogP contribution in [0.2, 0.25) is 0 Å². The summed E-state index contributed by atoms with van der Waals surface area (Å²) in [4.78, 5) is 23.0. The standard InChI is InChI=1S/C14H13BrN2O4S2/c1-2-20-13(19)7-21-11-4-3-10(15)5-9(11)6-16-17-12(18)8-23-14(17)22/h3-6H,2,7-8H2,1H3/b16-6+. The fourth-order valence-corrected chi connectivity index (χ4v) is 3.02. The summed E-state index contributed by atoms with van der Waals surface area (Å²) in [5.41, 5.74) is 0.608. The van der Waals surface area contributed by atoms with Crippen LogP contribution in [0, 0.1) is 0 Å². The fraction of sp³-hybridized carbons (Fsp3) is 0.286. The highest BCUT2D eigenvalue weighted by molar-refractivity contribution is 9.10. The van der Waals surface area contributed by atoms with Crippen LogP contribution in [-0.2, 0) is 14.3 Å². The summed E-state index contributed by atoms with van der Waals surface area (Å²) in [7, 11) is 0. The van der Waals surface area contributed by atoms with Gasteiger partial charge in [-0.3, -0.25) is 4.79 Å². The first-order valence-electron chi connectivity index (χ1n) is 6.63. The van der Waals surface area contributed by atoms with Crippen LogP contribution in [0.1, 0.15) is 12.5 Å². The molecule has 0 aliphatic carbocycles. The average molecular weight is 417 g/mol. The van der Waals surface area contributed by atoms with Crippen LogP contribution in [0.15, 0.2) is 27.8 Å². The molecule has 1 aliphatic heterocycles. The number of amides is 1. The van der Waals surface area contributed by atoms with E-state index in [1.54, 1.807) is 25.1 Å². The van der Waals surface area contributed by atoms with Crippen LogP contribution < -0.4 is 4.74 Å². The van der Waals surface area contributed by atoms with Gasteiger partial charge in [0.1, 0.15) is 5.75 Å². The van der Waals surface area contributed by atoms with Gasteiger partial charge in [0.2, 0.25) is 0 Å². The fourth-order valence-electron chi connectivity index (χ4n) is 1.67. The number of carbonyl (C=O) groups is 2. The number of halogens is 1. The molecular weight excluding hydrogens is 404 g/mol. The van der Waals surface area contributed by atoms with E-state index >= 15 is 0 Å². The Morgan fingerprint density at radius 1 is 1.57 bits per heavy atom. The molecule has 1 fully saturated rings. The van der Waals surface area contributed by atoms with Gasteiger partial charge in [-0.25, -0.2) is 4.79 Å². The SMILES string of the molecule is CCOC(=O)COc1ccc(Br)cc1/C=N/N1C(=O)CSC1=S. The molecule has 0 atom stereocenters. The number of hydrazone groups is 1. The van der Waals surface area contributed by atoms with E-state index in [2.05, 4.69) is 21.0 Å². The molecule has 1 amide bonds. The molecule has 9 heteroatoms. The molecule has 122 valence electrons. The molecule has 1 aromatic rings. The van der Waals surface area contributed by atoms with Gasteiger partial charge in [-0.1, -0.05) is 39.9 Å². The Hall–Kier alpha value is -1.45. The Morgan fingerprint density at radius 2 is 2.35 bits per heavy atom. The van der Waals surface area contributed by atoms with E-state index in [0.29, 0.717) is 28.0 Å². The second-order valence-corrected chi connectivity index (χ2v) is 6.81. The first-order chi connectivity index (χ1) is 11.0. The number of carbonyl (C=O) groups excluding carboxylic acids is 2. The second-order valence-electron chi connectivity index (χ2n) is 4.28. The Balaban J connectivity index is 2.13. The van der Waals surface area contributed by atoms with E-state index in [0.717, 1.165) is 4.47 Å². The highest BCUT2D eigenvalue weighted by Crippen LogP contribution is 2.23. The summed E-state index contributed by atoms with van der Waals surface area (Å²) in [6.07, 6.45) is 1.47. The van der Waals surface area contributed by atoms with Gasteiger partial charge in [0.05, 0.1) is 18.6 Å². The first-order valence-corrected chi connectivity index (χ1v) is 8.81. The van der Waals surface area contributed by atoms with Crippen molar-refractivity contribution in [2.75, 3.05) is 19.0 Å². The molecule has 0 spiro atoms. The highest BCUT2D eigenvalue weighted by atomic mass is 79.9. The van der Waals surface area contributed by atoms with Crippen molar-refractivity contribution < 1.29 is 19.1 Å². The monoisotopic (exact) mass is 416 g/mol. The Bertz CT molecular complexity index is 650. The van der Waals surface area contributed by atoms with Gasteiger partial charge in [0.25, 0.3) is 5.91 Å². The number of nitrogens with zero attached hydrogens (tertiary/aromatic N) is 2. The molecule has 1 saturated heterocycles. The minimum absolute atomic E-state index is 0.166. The molecule has 0 unspecified atom stereocenters. The largest absolute Gasteiger partial charge is 0.481 e. The normalized spacial score (nSPS) is 14.6. The number of ether oxygens (including phenoxy) is 2. The van der Waals surface area contributed by atoms with Crippen molar-refractivity contribution in [1.29, 1.82) is 0 Å². The van der Waals surface area contributed by atoms with Crippen molar-refractivity contribution in [3.8, 4) is 5.75 Å². The van der Waals surface area contributed by atoms with Gasteiger partial charge < -0.3 is 9.47 Å². The Kier molecular flexibility index (Phi) is 6.55. The lowest BCUT2D eigenvalue weighted by Crippen LogP contribution is -2.22. The molecular formula is C14H13BrN2O4S2. The molecule has 0 bridgehead atoms. The summed E-state index contributed by atoms with van der Waals surface area (Å²) in [5, 5.41) is 5.28. The minimum atomic E-state index is -0.453.